The molecule has 0 aliphatic rings. The van der Waals surface area contributed by atoms with Gasteiger partial charge in [-0.25, -0.2) is 4.98 Å². The predicted molar refractivity (Wildman–Crippen MR) is 92.1 cm³/mol. The summed E-state index contributed by atoms with van der Waals surface area (Å²) in [6.45, 7) is 4.31. The Morgan fingerprint density at radius 3 is 2.64 bits per heavy atom. The van der Waals surface area contributed by atoms with Gasteiger partial charge in [0.2, 0.25) is 0 Å². The molecule has 3 rings (SSSR count). The van der Waals surface area contributed by atoms with Crippen LogP contribution in [0.25, 0.3) is 11.0 Å². The number of nitrogens with one attached hydrogen (secondary N) is 2. The molecule has 2 aromatic carbocycles. The zero-order chi connectivity index (χ0) is 15.2. The van der Waals surface area contributed by atoms with Crippen LogP contribution < -0.4 is 5.32 Å². The molecule has 1 aromatic heterocycles. The number of rotatable bonds is 7. The van der Waals surface area contributed by atoms with Crippen LogP contribution in [-0.4, -0.2) is 23.1 Å². The fraction of sp³-hybridized carbons (Fsp3) is 0.316. The van der Waals surface area contributed by atoms with Crippen molar-refractivity contribution < 1.29 is 0 Å². The highest BCUT2D eigenvalue weighted by Crippen LogP contribution is 2.13. The molecule has 0 fully saturated rings. The summed E-state index contributed by atoms with van der Waals surface area (Å²) in [7, 11) is 0. The van der Waals surface area contributed by atoms with E-state index >= 15 is 0 Å². The molecule has 0 amide bonds. The van der Waals surface area contributed by atoms with Crippen LogP contribution in [0.1, 0.15) is 30.7 Å². The number of H-pyrrole nitrogens is 1. The fourth-order valence-corrected chi connectivity index (χ4v) is 2.72. The van der Waals surface area contributed by atoms with E-state index in [1.807, 2.05) is 12.1 Å². The van der Waals surface area contributed by atoms with Gasteiger partial charge in [-0.2, -0.15) is 0 Å². The van der Waals surface area contributed by atoms with Gasteiger partial charge in [-0.3, -0.25) is 0 Å². The SMILES string of the molecule is C[C@H](CNCCCc1nc2ccccc2[nH]1)c1ccccc1. The predicted octanol–water partition coefficient (Wildman–Crippen LogP) is 3.89. The van der Waals surface area contributed by atoms with E-state index in [1.54, 1.807) is 0 Å². The summed E-state index contributed by atoms with van der Waals surface area (Å²) in [6, 6.07) is 18.9. The van der Waals surface area contributed by atoms with Crippen LogP contribution in [0.2, 0.25) is 0 Å². The van der Waals surface area contributed by atoms with Gasteiger partial charge in [-0.05, 0) is 36.6 Å². The third kappa shape index (κ3) is 3.74. The first-order chi connectivity index (χ1) is 10.8. The Kier molecular flexibility index (Phi) is 4.86. The van der Waals surface area contributed by atoms with Gasteiger partial charge in [0.05, 0.1) is 11.0 Å². The molecule has 0 saturated heterocycles. The molecule has 0 aliphatic carbocycles. The summed E-state index contributed by atoms with van der Waals surface area (Å²) in [6.07, 6.45) is 2.09. The molecule has 2 N–H and O–H groups in total. The molecule has 0 unspecified atom stereocenters. The van der Waals surface area contributed by atoms with Crippen molar-refractivity contribution >= 4 is 11.0 Å². The normalized spacial score (nSPS) is 12.6. The van der Waals surface area contributed by atoms with E-state index < -0.39 is 0 Å². The number of imidazole rings is 1. The van der Waals surface area contributed by atoms with E-state index in [2.05, 4.69) is 64.7 Å². The highest BCUT2D eigenvalue weighted by atomic mass is 14.9. The molecule has 3 heteroatoms. The van der Waals surface area contributed by atoms with E-state index in [9.17, 15) is 0 Å². The van der Waals surface area contributed by atoms with Crippen LogP contribution in [-0.2, 0) is 6.42 Å². The third-order valence-electron chi connectivity index (χ3n) is 4.02. The molecule has 1 heterocycles. The van der Waals surface area contributed by atoms with E-state index in [0.717, 1.165) is 42.8 Å². The minimum atomic E-state index is 0.549. The second-order valence-electron chi connectivity index (χ2n) is 5.82. The van der Waals surface area contributed by atoms with E-state index in [-0.39, 0.29) is 0 Å². The summed E-state index contributed by atoms with van der Waals surface area (Å²) in [4.78, 5) is 7.99. The van der Waals surface area contributed by atoms with Crippen LogP contribution in [0.4, 0.5) is 0 Å². The molecular weight excluding hydrogens is 270 g/mol. The largest absolute Gasteiger partial charge is 0.342 e. The number of aromatic amines is 1. The second-order valence-corrected chi connectivity index (χ2v) is 5.82. The number of aromatic nitrogens is 2. The van der Waals surface area contributed by atoms with Gasteiger partial charge in [0.15, 0.2) is 0 Å². The van der Waals surface area contributed by atoms with E-state index in [0.29, 0.717) is 5.92 Å². The van der Waals surface area contributed by atoms with Crippen LogP contribution in [0.5, 0.6) is 0 Å². The maximum absolute atomic E-state index is 4.61. The first kappa shape index (κ1) is 14.8. The number of nitrogens with zero attached hydrogens (tertiary/aromatic N) is 1. The summed E-state index contributed by atoms with van der Waals surface area (Å²) >= 11 is 0. The van der Waals surface area contributed by atoms with Gasteiger partial charge in [-0.15, -0.1) is 0 Å². The standard InChI is InChI=1S/C19H23N3/c1-15(16-8-3-2-4-9-16)14-20-13-7-12-19-21-17-10-5-6-11-18(17)22-19/h2-6,8-11,15,20H,7,12-14H2,1H3,(H,21,22)/t15-/m1/s1. The maximum atomic E-state index is 4.61. The Labute approximate surface area is 131 Å². The molecule has 3 nitrogen and oxygen atoms in total. The summed E-state index contributed by atoms with van der Waals surface area (Å²) in [5.41, 5.74) is 3.58. The monoisotopic (exact) mass is 293 g/mol. The van der Waals surface area contributed by atoms with Crippen molar-refractivity contribution in [3.63, 3.8) is 0 Å². The lowest BCUT2D eigenvalue weighted by Gasteiger charge is -2.12. The number of benzene rings is 2. The molecule has 3 aromatic rings. The Bertz CT molecular complexity index is 670. The van der Waals surface area contributed by atoms with Gasteiger partial charge in [-0.1, -0.05) is 49.4 Å². The number of hydrogen-bond acceptors (Lipinski definition) is 2. The molecule has 114 valence electrons. The summed E-state index contributed by atoms with van der Waals surface area (Å²) < 4.78 is 0. The maximum Gasteiger partial charge on any atom is 0.107 e. The minimum Gasteiger partial charge on any atom is -0.342 e. The third-order valence-corrected chi connectivity index (χ3v) is 4.02. The lowest BCUT2D eigenvalue weighted by molar-refractivity contribution is 0.592. The lowest BCUT2D eigenvalue weighted by Crippen LogP contribution is -2.21. The van der Waals surface area contributed by atoms with Gasteiger partial charge < -0.3 is 10.3 Å². The second kappa shape index (κ2) is 7.23. The van der Waals surface area contributed by atoms with Crippen molar-refractivity contribution in [3.05, 3.63) is 66.0 Å². The molecule has 0 radical (unpaired) electrons. The van der Waals surface area contributed by atoms with Crippen molar-refractivity contribution in [2.24, 2.45) is 0 Å². The molecule has 1 atom stereocenters. The Morgan fingerprint density at radius 1 is 1.05 bits per heavy atom. The Morgan fingerprint density at radius 2 is 1.82 bits per heavy atom. The number of aryl methyl sites for hydroxylation is 1. The highest BCUT2D eigenvalue weighted by Gasteiger charge is 2.04. The average molecular weight is 293 g/mol. The molecular formula is C19H23N3. The van der Waals surface area contributed by atoms with Crippen molar-refractivity contribution in [3.8, 4) is 0 Å². The number of fused-ring (bicyclic) bond motifs is 1. The summed E-state index contributed by atoms with van der Waals surface area (Å²) in [5, 5.41) is 3.55. The molecule has 0 saturated carbocycles. The highest BCUT2D eigenvalue weighted by molar-refractivity contribution is 5.74. The van der Waals surface area contributed by atoms with E-state index in [4.69, 9.17) is 0 Å². The van der Waals surface area contributed by atoms with Gasteiger partial charge >= 0.3 is 0 Å². The van der Waals surface area contributed by atoms with E-state index in [1.165, 1.54) is 5.56 Å². The number of para-hydroxylation sites is 2. The van der Waals surface area contributed by atoms with Crippen molar-refractivity contribution in [1.82, 2.24) is 15.3 Å². The minimum absolute atomic E-state index is 0.549. The van der Waals surface area contributed by atoms with Crippen molar-refractivity contribution in [2.45, 2.75) is 25.7 Å². The topological polar surface area (TPSA) is 40.7 Å². The smallest absolute Gasteiger partial charge is 0.107 e. The van der Waals surface area contributed by atoms with Crippen LogP contribution in [0.15, 0.2) is 54.6 Å². The van der Waals surface area contributed by atoms with Gasteiger partial charge in [0, 0.05) is 13.0 Å². The van der Waals surface area contributed by atoms with Crippen LogP contribution in [0, 0.1) is 0 Å². The molecule has 0 aliphatic heterocycles. The quantitative estimate of drug-likeness (QED) is 0.649. The molecule has 0 bridgehead atoms. The fourth-order valence-electron chi connectivity index (χ4n) is 2.72. The lowest BCUT2D eigenvalue weighted by atomic mass is 10.0. The average Bonchev–Trinajstić information content (AvgIpc) is 2.98. The van der Waals surface area contributed by atoms with Crippen LogP contribution >= 0.6 is 0 Å². The first-order valence-corrected chi connectivity index (χ1v) is 8.02. The first-order valence-electron chi connectivity index (χ1n) is 8.02. The summed E-state index contributed by atoms with van der Waals surface area (Å²) in [5.74, 6) is 1.63. The molecule has 22 heavy (non-hydrogen) atoms. The molecule has 0 spiro atoms. The van der Waals surface area contributed by atoms with Crippen molar-refractivity contribution in [2.75, 3.05) is 13.1 Å². The van der Waals surface area contributed by atoms with Crippen molar-refractivity contribution in [1.29, 1.82) is 0 Å². The van der Waals surface area contributed by atoms with Crippen LogP contribution in [0.3, 0.4) is 0 Å². The number of hydrogen-bond donors (Lipinski definition) is 2. The Balaban J connectivity index is 1.40. The zero-order valence-corrected chi connectivity index (χ0v) is 13.0. The van der Waals surface area contributed by atoms with Gasteiger partial charge in [0.25, 0.3) is 0 Å². The zero-order valence-electron chi connectivity index (χ0n) is 13.0. The Hall–Kier alpha value is -2.13. The van der Waals surface area contributed by atoms with Gasteiger partial charge in [0.1, 0.15) is 5.82 Å².